The van der Waals surface area contributed by atoms with Gasteiger partial charge in [-0.15, -0.1) is 11.8 Å². The zero-order valence-corrected chi connectivity index (χ0v) is 12.2. The molecule has 1 aliphatic rings. The number of aliphatic carboxylic acids is 2. The van der Waals surface area contributed by atoms with Gasteiger partial charge in [-0.25, -0.2) is 4.79 Å². The van der Waals surface area contributed by atoms with E-state index in [-0.39, 0.29) is 17.2 Å². The van der Waals surface area contributed by atoms with E-state index in [0.29, 0.717) is 6.54 Å². The van der Waals surface area contributed by atoms with Crippen molar-refractivity contribution in [2.24, 2.45) is 5.92 Å². The number of hydrogen-bond acceptors (Lipinski definition) is 5. The number of carbonyl (C=O) groups is 3. The Labute approximate surface area is 130 Å². The zero-order valence-electron chi connectivity index (χ0n) is 11.4. The van der Waals surface area contributed by atoms with E-state index < -0.39 is 29.9 Å². The average molecular weight is 325 g/mol. The van der Waals surface area contributed by atoms with Crippen molar-refractivity contribution in [1.82, 2.24) is 5.32 Å². The second-order valence-corrected chi connectivity index (χ2v) is 6.28. The summed E-state index contributed by atoms with van der Waals surface area (Å²) in [5, 5.41) is 29.6. The highest BCUT2D eigenvalue weighted by Crippen LogP contribution is 2.35. The maximum absolute atomic E-state index is 11.2. The molecule has 0 saturated carbocycles. The minimum Gasteiger partial charge on any atom is -0.481 e. The number of carboxylic acids is 3. The van der Waals surface area contributed by atoms with Crippen LogP contribution in [0.15, 0.2) is 29.2 Å². The zero-order chi connectivity index (χ0) is 16.3. The summed E-state index contributed by atoms with van der Waals surface area (Å²) < 4.78 is 0. The lowest BCUT2D eigenvalue weighted by Crippen LogP contribution is -2.37. The first-order valence-corrected chi connectivity index (χ1v) is 7.44. The molecule has 1 heterocycles. The van der Waals surface area contributed by atoms with Gasteiger partial charge >= 0.3 is 17.9 Å². The molecule has 1 aliphatic heterocycles. The molecule has 0 amide bonds. The van der Waals surface area contributed by atoms with Crippen molar-refractivity contribution in [2.75, 3.05) is 6.54 Å². The van der Waals surface area contributed by atoms with Crippen LogP contribution in [0.25, 0.3) is 0 Å². The number of carboxylic acid groups (broad SMARTS) is 3. The molecule has 118 valence electrons. The Hall–Kier alpha value is -2.06. The molecule has 0 aromatic heterocycles. The van der Waals surface area contributed by atoms with Crippen LogP contribution < -0.4 is 5.32 Å². The van der Waals surface area contributed by atoms with Gasteiger partial charge < -0.3 is 20.6 Å². The molecule has 1 aromatic carbocycles. The van der Waals surface area contributed by atoms with Gasteiger partial charge in [0, 0.05) is 22.6 Å². The Morgan fingerprint density at radius 1 is 1.14 bits per heavy atom. The third-order valence-corrected chi connectivity index (χ3v) is 4.87. The largest absolute Gasteiger partial charge is 0.481 e. The predicted octanol–water partition coefficient (Wildman–Crippen LogP) is 0.993. The first-order chi connectivity index (χ1) is 10.4. The molecule has 0 radical (unpaired) electrons. The fourth-order valence-electron chi connectivity index (χ4n) is 2.46. The predicted molar refractivity (Wildman–Crippen MR) is 78.2 cm³/mol. The van der Waals surface area contributed by atoms with Crippen LogP contribution in [0.4, 0.5) is 0 Å². The lowest BCUT2D eigenvalue weighted by Gasteiger charge is -2.19. The molecule has 0 aliphatic carbocycles. The molecular weight excluding hydrogens is 310 g/mol. The summed E-state index contributed by atoms with van der Waals surface area (Å²) in [5.41, 5.74) is 0.166. The molecule has 1 saturated heterocycles. The summed E-state index contributed by atoms with van der Waals surface area (Å²) in [4.78, 5) is 33.7. The monoisotopic (exact) mass is 325 g/mol. The normalized spacial score (nSPS) is 24.1. The number of aromatic carboxylic acids is 1. The Bertz CT molecular complexity index is 588. The highest BCUT2D eigenvalue weighted by molar-refractivity contribution is 8.00. The number of hydrogen-bond donors (Lipinski definition) is 4. The highest BCUT2D eigenvalue weighted by Gasteiger charge is 2.41. The van der Waals surface area contributed by atoms with Crippen molar-refractivity contribution in [3.63, 3.8) is 0 Å². The van der Waals surface area contributed by atoms with Crippen LogP contribution in [0.2, 0.25) is 0 Å². The summed E-state index contributed by atoms with van der Waals surface area (Å²) in [7, 11) is 0. The first-order valence-electron chi connectivity index (χ1n) is 6.56. The smallest absolute Gasteiger partial charge is 0.335 e. The van der Waals surface area contributed by atoms with Crippen LogP contribution >= 0.6 is 11.8 Å². The van der Waals surface area contributed by atoms with E-state index in [2.05, 4.69) is 5.32 Å². The molecule has 1 aromatic rings. The van der Waals surface area contributed by atoms with E-state index in [9.17, 15) is 14.4 Å². The van der Waals surface area contributed by atoms with E-state index in [1.807, 2.05) is 0 Å². The van der Waals surface area contributed by atoms with Crippen molar-refractivity contribution >= 4 is 29.7 Å². The third kappa shape index (κ3) is 3.77. The Kier molecular flexibility index (Phi) is 5.04. The molecule has 1 fully saturated rings. The molecule has 7 nitrogen and oxygen atoms in total. The molecule has 22 heavy (non-hydrogen) atoms. The van der Waals surface area contributed by atoms with Gasteiger partial charge in [-0.3, -0.25) is 9.59 Å². The molecule has 0 spiro atoms. The van der Waals surface area contributed by atoms with Gasteiger partial charge in [0.1, 0.15) is 6.04 Å². The van der Waals surface area contributed by atoms with Gasteiger partial charge in [-0.05, 0) is 24.3 Å². The average Bonchev–Trinajstić information content (AvgIpc) is 2.82. The van der Waals surface area contributed by atoms with E-state index in [1.54, 1.807) is 12.1 Å². The molecule has 4 N–H and O–H groups in total. The maximum atomic E-state index is 11.2. The van der Waals surface area contributed by atoms with Crippen molar-refractivity contribution in [2.45, 2.75) is 22.6 Å². The van der Waals surface area contributed by atoms with Crippen LogP contribution in [0.3, 0.4) is 0 Å². The van der Waals surface area contributed by atoms with Gasteiger partial charge in [-0.2, -0.15) is 0 Å². The van der Waals surface area contributed by atoms with Crippen LogP contribution in [0.1, 0.15) is 16.8 Å². The van der Waals surface area contributed by atoms with Crippen molar-refractivity contribution in [3.05, 3.63) is 29.8 Å². The maximum Gasteiger partial charge on any atom is 0.335 e. The molecular formula is C14H15NO6S. The summed E-state index contributed by atoms with van der Waals surface area (Å²) in [5.74, 6) is -3.64. The Balaban J connectivity index is 2.11. The summed E-state index contributed by atoms with van der Waals surface area (Å²) in [6, 6.07) is 5.33. The Morgan fingerprint density at radius 2 is 1.77 bits per heavy atom. The van der Waals surface area contributed by atoms with E-state index in [4.69, 9.17) is 15.3 Å². The van der Waals surface area contributed by atoms with Gasteiger partial charge in [0.25, 0.3) is 0 Å². The topological polar surface area (TPSA) is 124 Å². The van der Waals surface area contributed by atoms with Crippen LogP contribution in [0.5, 0.6) is 0 Å². The van der Waals surface area contributed by atoms with Crippen molar-refractivity contribution in [1.29, 1.82) is 0 Å². The van der Waals surface area contributed by atoms with Crippen LogP contribution in [-0.2, 0) is 9.59 Å². The van der Waals surface area contributed by atoms with Crippen molar-refractivity contribution in [3.8, 4) is 0 Å². The fourth-order valence-corrected chi connectivity index (χ4v) is 3.71. The number of nitrogens with one attached hydrogen (secondary N) is 1. The molecule has 3 atom stereocenters. The fraction of sp³-hybridized carbons (Fsp3) is 0.357. The molecule has 0 bridgehead atoms. The minimum absolute atomic E-state index is 0.166. The number of thioether (sulfide) groups is 1. The van der Waals surface area contributed by atoms with Crippen molar-refractivity contribution < 1.29 is 29.7 Å². The highest BCUT2D eigenvalue weighted by atomic mass is 32.2. The summed E-state index contributed by atoms with van der Waals surface area (Å²) >= 11 is 1.36. The van der Waals surface area contributed by atoms with Gasteiger partial charge in [0.15, 0.2) is 0 Å². The quantitative estimate of drug-likeness (QED) is 0.610. The molecule has 2 rings (SSSR count). The minimum atomic E-state index is -1.06. The summed E-state index contributed by atoms with van der Waals surface area (Å²) in [6.45, 7) is 0.389. The molecule has 3 unspecified atom stereocenters. The lowest BCUT2D eigenvalue weighted by atomic mass is 9.96. The standard InChI is InChI=1S/C14H15NO6S/c16-11(17)5-9-10(6-15-12(9)14(20)21)22-8-3-1-7(2-4-8)13(18)19/h1-4,9-10,12,15H,5-6H2,(H,16,17)(H,18,19)(H,20,21). The van der Waals surface area contributed by atoms with E-state index >= 15 is 0 Å². The number of rotatable bonds is 6. The SMILES string of the molecule is O=C(O)CC1C(Sc2ccc(C(=O)O)cc2)CNC1C(=O)O. The lowest BCUT2D eigenvalue weighted by molar-refractivity contribution is -0.141. The van der Waals surface area contributed by atoms with Gasteiger partial charge in [0.2, 0.25) is 0 Å². The van der Waals surface area contributed by atoms with E-state index in [0.717, 1.165) is 4.90 Å². The number of benzene rings is 1. The van der Waals surface area contributed by atoms with Crippen LogP contribution in [0, 0.1) is 5.92 Å². The second-order valence-electron chi connectivity index (χ2n) is 4.97. The second kappa shape index (κ2) is 6.80. The Morgan fingerprint density at radius 3 is 2.27 bits per heavy atom. The van der Waals surface area contributed by atoms with Crippen LogP contribution in [-0.4, -0.2) is 51.1 Å². The van der Waals surface area contributed by atoms with Gasteiger partial charge in [-0.1, -0.05) is 0 Å². The molecule has 8 heteroatoms. The van der Waals surface area contributed by atoms with Gasteiger partial charge in [0.05, 0.1) is 12.0 Å². The third-order valence-electron chi connectivity index (χ3n) is 3.51. The first kappa shape index (κ1) is 16.3. The summed E-state index contributed by atoms with van der Waals surface area (Å²) in [6.07, 6.45) is -0.227. The van der Waals surface area contributed by atoms with E-state index in [1.165, 1.54) is 23.9 Å².